The molecule has 25 heavy (non-hydrogen) atoms. The molecule has 0 heterocycles. The maximum atomic E-state index is 13.9. The summed E-state index contributed by atoms with van der Waals surface area (Å²) in [6.45, 7) is -0.156. The van der Waals surface area contributed by atoms with Crippen molar-refractivity contribution in [2.45, 2.75) is 31.8 Å². The quantitative estimate of drug-likeness (QED) is 0.873. The van der Waals surface area contributed by atoms with Gasteiger partial charge in [0.15, 0.2) is 0 Å². The number of carboxylic acid groups (broad SMARTS) is 1. The Labute approximate surface area is 143 Å². The Hall–Kier alpha value is -2.76. The van der Waals surface area contributed by atoms with Crippen molar-refractivity contribution in [3.8, 4) is 0 Å². The first-order chi connectivity index (χ1) is 12.0. The zero-order valence-electron chi connectivity index (χ0n) is 13.4. The number of benzene rings is 2. The number of rotatable bonds is 6. The van der Waals surface area contributed by atoms with Crippen LogP contribution >= 0.6 is 0 Å². The van der Waals surface area contributed by atoms with Crippen molar-refractivity contribution in [1.29, 1.82) is 0 Å². The standard InChI is InChI=1S/C19H17F2NO3/c20-16-6-3-7-17(21)15(16)11-22(13-8-9-13)18(23)10-12-4-1-2-5-14(12)19(24)25/h1-7,13H,8-11H2,(H,24,25). The molecule has 0 radical (unpaired) electrons. The summed E-state index contributed by atoms with van der Waals surface area (Å²) >= 11 is 0. The van der Waals surface area contributed by atoms with Gasteiger partial charge in [0.25, 0.3) is 0 Å². The molecule has 2 aromatic rings. The largest absolute Gasteiger partial charge is 0.478 e. The molecule has 2 aromatic carbocycles. The van der Waals surface area contributed by atoms with E-state index in [9.17, 15) is 23.5 Å². The molecule has 0 saturated heterocycles. The molecule has 1 aliphatic carbocycles. The third kappa shape index (κ3) is 3.84. The van der Waals surface area contributed by atoms with Gasteiger partial charge in [0.05, 0.1) is 18.5 Å². The van der Waals surface area contributed by atoms with Crippen LogP contribution in [0, 0.1) is 11.6 Å². The van der Waals surface area contributed by atoms with Gasteiger partial charge in [-0.2, -0.15) is 0 Å². The molecule has 0 spiro atoms. The summed E-state index contributed by atoms with van der Waals surface area (Å²) in [7, 11) is 0. The van der Waals surface area contributed by atoms with E-state index in [0.717, 1.165) is 25.0 Å². The highest BCUT2D eigenvalue weighted by molar-refractivity contribution is 5.91. The molecule has 6 heteroatoms. The maximum absolute atomic E-state index is 13.9. The minimum Gasteiger partial charge on any atom is -0.478 e. The Bertz CT molecular complexity index is 798. The van der Waals surface area contributed by atoms with E-state index in [0.29, 0.717) is 5.56 Å². The average Bonchev–Trinajstić information content (AvgIpc) is 3.39. The Morgan fingerprint density at radius 3 is 2.28 bits per heavy atom. The van der Waals surface area contributed by atoms with Gasteiger partial charge < -0.3 is 10.0 Å². The van der Waals surface area contributed by atoms with Gasteiger partial charge in [-0.3, -0.25) is 4.79 Å². The van der Waals surface area contributed by atoms with Crippen molar-refractivity contribution in [2.24, 2.45) is 0 Å². The van der Waals surface area contributed by atoms with E-state index < -0.39 is 17.6 Å². The van der Waals surface area contributed by atoms with Crippen molar-refractivity contribution in [1.82, 2.24) is 4.90 Å². The minimum absolute atomic E-state index is 0.0523. The number of halogens is 2. The molecule has 1 amide bonds. The van der Waals surface area contributed by atoms with Crippen LogP contribution in [-0.2, 0) is 17.8 Å². The first-order valence-corrected chi connectivity index (χ1v) is 8.01. The van der Waals surface area contributed by atoms with Crippen molar-refractivity contribution >= 4 is 11.9 Å². The predicted octanol–water partition coefficient (Wildman–Crippen LogP) is 3.40. The number of carbonyl (C=O) groups is 2. The number of amides is 1. The second kappa shape index (κ2) is 7.01. The molecule has 130 valence electrons. The van der Waals surface area contributed by atoms with Crippen LogP contribution < -0.4 is 0 Å². The van der Waals surface area contributed by atoms with Crippen LogP contribution in [0.1, 0.15) is 34.3 Å². The molecule has 0 unspecified atom stereocenters. The van der Waals surface area contributed by atoms with Gasteiger partial charge in [0.2, 0.25) is 5.91 Å². The fourth-order valence-electron chi connectivity index (χ4n) is 2.81. The number of carboxylic acids is 1. The van der Waals surface area contributed by atoms with Crippen molar-refractivity contribution < 1.29 is 23.5 Å². The van der Waals surface area contributed by atoms with E-state index >= 15 is 0 Å². The fraction of sp³-hybridized carbons (Fsp3) is 0.263. The molecular weight excluding hydrogens is 328 g/mol. The summed E-state index contributed by atoms with van der Waals surface area (Å²) < 4.78 is 27.8. The molecule has 3 rings (SSSR count). The topological polar surface area (TPSA) is 57.6 Å². The maximum Gasteiger partial charge on any atom is 0.335 e. The van der Waals surface area contributed by atoms with Gasteiger partial charge in [-0.05, 0) is 36.6 Å². The molecule has 0 atom stereocenters. The Morgan fingerprint density at radius 2 is 1.68 bits per heavy atom. The van der Waals surface area contributed by atoms with Crippen LogP contribution in [-0.4, -0.2) is 27.9 Å². The van der Waals surface area contributed by atoms with Crippen molar-refractivity contribution in [3.63, 3.8) is 0 Å². The number of aromatic carboxylic acids is 1. The minimum atomic E-state index is -1.11. The number of hydrogen-bond acceptors (Lipinski definition) is 2. The summed E-state index contributed by atoms with van der Waals surface area (Å²) in [5.41, 5.74) is 0.303. The van der Waals surface area contributed by atoms with E-state index in [-0.39, 0.29) is 36.0 Å². The fourth-order valence-corrected chi connectivity index (χ4v) is 2.81. The average molecular weight is 345 g/mol. The molecule has 1 fully saturated rings. The van der Waals surface area contributed by atoms with Crippen LogP contribution in [0.4, 0.5) is 8.78 Å². The van der Waals surface area contributed by atoms with E-state index in [4.69, 9.17) is 0 Å². The van der Waals surface area contributed by atoms with Gasteiger partial charge in [-0.25, -0.2) is 13.6 Å². The first kappa shape index (κ1) is 17.1. The van der Waals surface area contributed by atoms with Crippen LogP contribution in [0.3, 0.4) is 0 Å². The lowest BCUT2D eigenvalue weighted by molar-refractivity contribution is -0.131. The third-order valence-corrected chi connectivity index (χ3v) is 4.29. The lowest BCUT2D eigenvalue weighted by Gasteiger charge is -2.23. The molecule has 1 saturated carbocycles. The summed E-state index contributed by atoms with van der Waals surface area (Å²) in [5.74, 6) is -2.82. The molecule has 0 bridgehead atoms. The summed E-state index contributed by atoms with van der Waals surface area (Å²) in [5, 5.41) is 9.22. The second-order valence-corrected chi connectivity index (χ2v) is 6.09. The molecule has 1 aliphatic rings. The Balaban J connectivity index is 1.82. The number of nitrogens with zero attached hydrogens (tertiary/aromatic N) is 1. The molecule has 0 aliphatic heterocycles. The number of carbonyl (C=O) groups excluding carboxylic acids is 1. The van der Waals surface area contributed by atoms with Gasteiger partial charge in [-0.1, -0.05) is 24.3 Å². The summed E-state index contributed by atoms with van der Waals surface area (Å²) in [6, 6.07) is 9.81. The molecule has 0 aromatic heterocycles. The number of hydrogen-bond donors (Lipinski definition) is 1. The van der Waals surface area contributed by atoms with E-state index in [1.165, 1.54) is 17.0 Å². The lowest BCUT2D eigenvalue weighted by atomic mass is 10.0. The smallest absolute Gasteiger partial charge is 0.335 e. The Morgan fingerprint density at radius 1 is 1.04 bits per heavy atom. The predicted molar refractivity (Wildman–Crippen MR) is 87.0 cm³/mol. The van der Waals surface area contributed by atoms with Gasteiger partial charge in [-0.15, -0.1) is 0 Å². The zero-order chi connectivity index (χ0) is 18.0. The molecule has 1 N–H and O–H groups in total. The van der Waals surface area contributed by atoms with E-state index in [1.54, 1.807) is 18.2 Å². The van der Waals surface area contributed by atoms with Crippen LogP contribution in [0.5, 0.6) is 0 Å². The second-order valence-electron chi connectivity index (χ2n) is 6.09. The molecule has 4 nitrogen and oxygen atoms in total. The van der Waals surface area contributed by atoms with Crippen LogP contribution in [0.15, 0.2) is 42.5 Å². The van der Waals surface area contributed by atoms with Gasteiger partial charge >= 0.3 is 5.97 Å². The monoisotopic (exact) mass is 345 g/mol. The van der Waals surface area contributed by atoms with Crippen LogP contribution in [0.25, 0.3) is 0 Å². The van der Waals surface area contributed by atoms with E-state index in [2.05, 4.69) is 0 Å². The van der Waals surface area contributed by atoms with Gasteiger partial charge in [0.1, 0.15) is 11.6 Å². The molecular formula is C19H17F2NO3. The van der Waals surface area contributed by atoms with E-state index in [1.807, 2.05) is 0 Å². The van der Waals surface area contributed by atoms with Gasteiger partial charge in [0, 0.05) is 11.6 Å². The lowest BCUT2D eigenvalue weighted by Crippen LogP contribution is -2.34. The normalized spacial score (nSPS) is 13.5. The SMILES string of the molecule is O=C(O)c1ccccc1CC(=O)N(Cc1c(F)cccc1F)C1CC1. The van der Waals surface area contributed by atoms with Crippen molar-refractivity contribution in [3.05, 3.63) is 70.8 Å². The Kier molecular flexibility index (Phi) is 4.79. The first-order valence-electron chi connectivity index (χ1n) is 8.01. The zero-order valence-corrected chi connectivity index (χ0v) is 13.4. The third-order valence-electron chi connectivity index (χ3n) is 4.29. The highest BCUT2D eigenvalue weighted by atomic mass is 19.1. The summed E-state index contributed by atoms with van der Waals surface area (Å²) in [6.07, 6.45) is 1.44. The van der Waals surface area contributed by atoms with Crippen molar-refractivity contribution in [2.75, 3.05) is 0 Å². The summed E-state index contributed by atoms with van der Waals surface area (Å²) in [4.78, 5) is 25.4. The van der Waals surface area contributed by atoms with Crippen LogP contribution in [0.2, 0.25) is 0 Å². The highest BCUT2D eigenvalue weighted by Crippen LogP contribution is 2.30. The highest BCUT2D eigenvalue weighted by Gasteiger charge is 2.33.